The molecule has 0 aliphatic heterocycles. The average Bonchev–Trinajstić information content (AvgIpc) is 3.12. The molecule has 1 aromatic carbocycles. The predicted molar refractivity (Wildman–Crippen MR) is 110 cm³/mol. The van der Waals surface area contributed by atoms with Crippen molar-refractivity contribution in [2.45, 2.75) is 51.1 Å². The fourth-order valence-corrected chi connectivity index (χ4v) is 4.04. The first kappa shape index (κ1) is 22.6. The smallest absolute Gasteiger partial charge is 0.287 e. The van der Waals surface area contributed by atoms with Crippen LogP contribution in [0.3, 0.4) is 0 Å². The number of rotatable bonds is 7. The van der Waals surface area contributed by atoms with Gasteiger partial charge in [-0.1, -0.05) is 19.9 Å². The van der Waals surface area contributed by atoms with Crippen molar-refractivity contribution >= 4 is 27.5 Å². The van der Waals surface area contributed by atoms with E-state index in [1.54, 1.807) is 52.8 Å². The van der Waals surface area contributed by atoms with Gasteiger partial charge in [-0.3, -0.25) is 9.59 Å². The van der Waals surface area contributed by atoms with Crippen molar-refractivity contribution in [3.63, 3.8) is 0 Å². The molecule has 0 saturated heterocycles. The van der Waals surface area contributed by atoms with E-state index in [1.165, 1.54) is 24.5 Å². The molecule has 0 spiro atoms. The summed E-state index contributed by atoms with van der Waals surface area (Å²) in [5.74, 6) is -1.07. The summed E-state index contributed by atoms with van der Waals surface area (Å²) in [6.07, 6.45) is 1.37. The molecule has 0 unspecified atom stereocenters. The van der Waals surface area contributed by atoms with Gasteiger partial charge in [0.15, 0.2) is 5.76 Å². The van der Waals surface area contributed by atoms with Crippen LogP contribution in [0.1, 0.15) is 45.2 Å². The number of nitrogens with one attached hydrogen (secondary N) is 3. The Balaban J connectivity index is 2.17. The van der Waals surface area contributed by atoms with Gasteiger partial charge in [0.1, 0.15) is 6.04 Å². The van der Waals surface area contributed by atoms with Gasteiger partial charge in [0.05, 0.1) is 11.2 Å². The lowest BCUT2D eigenvalue weighted by molar-refractivity contribution is -0.118. The Kier molecular flexibility index (Phi) is 6.86. The second-order valence-electron chi connectivity index (χ2n) is 8.05. The lowest BCUT2D eigenvalue weighted by Crippen LogP contribution is -2.47. The summed E-state index contributed by atoms with van der Waals surface area (Å²) in [5, 5.41) is 5.31. The summed E-state index contributed by atoms with van der Waals surface area (Å²) >= 11 is 0. The highest BCUT2D eigenvalue weighted by molar-refractivity contribution is 7.89. The molecule has 2 amide bonds. The van der Waals surface area contributed by atoms with Gasteiger partial charge in [-0.25, -0.2) is 13.1 Å². The Morgan fingerprint density at radius 1 is 1.07 bits per heavy atom. The van der Waals surface area contributed by atoms with E-state index in [9.17, 15) is 18.0 Å². The number of amides is 2. The Labute approximate surface area is 171 Å². The average molecular weight is 422 g/mol. The van der Waals surface area contributed by atoms with Gasteiger partial charge in [0.25, 0.3) is 5.91 Å². The molecule has 1 atom stereocenters. The number of sulfonamides is 1. The van der Waals surface area contributed by atoms with Crippen LogP contribution in [0.25, 0.3) is 0 Å². The molecule has 0 radical (unpaired) electrons. The SMILES string of the molecule is CC(C)[C@H](NC(=O)c1ccco1)C(=O)Nc1cccc(S(=O)(=O)NC(C)(C)C)c1. The number of anilines is 1. The van der Waals surface area contributed by atoms with Gasteiger partial charge in [0.2, 0.25) is 15.9 Å². The number of furan rings is 1. The van der Waals surface area contributed by atoms with E-state index in [2.05, 4.69) is 15.4 Å². The summed E-state index contributed by atoms with van der Waals surface area (Å²) in [6, 6.07) is 8.19. The zero-order valence-corrected chi connectivity index (χ0v) is 18.0. The maximum Gasteiger partial charge on any atom is 0.287 e. The van der Waals surface area contributed by atoms with Gasteiger partial charge in [-0.05, 0) is 57.0 Å². The second-order valence-corrected chi connectivity index (χ2v) is 9.73. The molecule has 8 nitrogen and oxygen atoms in total. The minimum atomic E-state index is -3.74. The molecule has 0 fully saturated rings. The molecule has 2 aromatic rings. The number of carbonyl (C=O) groups is 2. The van der Waals surface area contributed by atoms with E-state index in [1.807, 2.05) is 0 Å². The minimum Gasteiger partial charge on any atom is -0.459 e. The van der Waals surface area contributed by atoms with E-state index in [0.29, 0.717) is 5.69 Å². The Morgan fingerprint density at radius 3 is 2.31 bits per heavy atom. The van der Waals surface area contributed by atoms with Gasteiger partial charge in [-0.2, -0.15) is 0 Å². The van der Waals surface area contributed by atoms with E-state index in [-0.39, 0.29) is 16.6 Å². The quantitative estimate of drug-likeness (QED) is 0.635. The summed E-state index contributed by atoms with van der Waals surface area (Å²) in [5.41, 5.74) is -0.332. The summed E-state index contributed by atoms with van der Waals surface area (Å²) in [6.45, 7) is 8.81. The summed E-state index contributed by atoms with van der Waals surface area (Å²) < 4.78 is 32.6. The standard InChI is InChI=1S/C20H27N3O5S/c1-13(2)17(22-18(24)16-10-7-11-28-16)19(25)21-14-8-6-9-15(12-14)29(26,27)23-20(3,4)5/h6-13,17,23H,1-5H3,(H,21,25)(H,22,24)/t17-/m0/s1. The molecule has 0 aliphatic carbocycles. The molecule has 2 rings (SSSR count). The van der Waals surface area contributed by atoms with Crippen molar-refractivity contribution in [2.75, 3.05) is 5.32 Å². The fraction of sp³-hybridized carbons (Fsp3) is 0.400. The molecule has 1 aromatic heterocycles. The Morgan fingerprint density at radius 2 is 1.76 bits per heavy atom. The van der Waals surface area contributed by atoms with Crippen LogP contribution in [0, 0.1) is 5.92 Å². The number of carbonyl (C=O) groups excluding carboxylic acids is 2. The summed E-state index contributed by atoms with van der Waals surface area (Å²) in [7, 11) is -3.74. The van der Waals surface area contributed by atoms with Crippen molar-refractivity contribution < 1.29 is 22.4 Å². The molecule has 0 aliphatic rings. The zero-order chi connectivity index (χ0) is 21.8. The fourth-order valence-electron chi connectivity index (χ4n) is 2.58. The first-order valence-corrected chi connectivity index (χ1v) is 10.7. The van der Waals surface area contributed by atoms with Gasteiger partial charge >= 0.3 is 0 Å². The highest BCUT2D eigenvalue weighted by atomic mass is 32.2. The van der Waals surface area contributed by atoms with Crippen LogP contribution in [0.15, 0.2) is 52.0 Å². The van der Waals surface area contributed by atoms with Crippen molar-refractivity contribution in [3.05, 3.63) is 48.4 Å². The van der Waals surface area contributed by atoms with Crippen LogP contribution in [0.4, 0.5) is 5.69 Å². The molecule has 0 saturated carbocycles. The first-order valence-electron chi connectivity index (χ1n) is 9.18. The summed E-state index contributed by atoms with van der Waals surface area (Å²) in [4.78, 5) is 25.0. The topological polar surface area (TPSA) is 118 Å². The van der Waals surface area contributed by atoms with Crippen LogP contribution in [-0.2, 0) is 14.8 Å². The van der Waals surface area contributed by atoms with E-state index in [0.717, 1.165) is 0 Å². The third-order valence-electron chi connectivity index (χ3n) is 3.83. The molecule has 158 valence electrons. The van der Waals surface area contributed by atoms with Crippen LogP contribution in [0.2, 0.25) is 0 Å². The molecule has 0 bridgehead atoms. The van der Waals surface area contributed by atoms with Crippen LogP contribution >= 0.6 is 0 Å². The molecule has 9 heteroatoms. The molecule has 3 N–H and O–H groups in total. The molecular weight excluding hydrogens is 394 g/mol. The maximum absolute atomic E-state index is 12.7. The second kappa shape index (κ2) is 8.79. The van der Waals surface area contributed by atoms with Crippen LogP contribution in [-0.4, -0.2) is 31.8 Å². The molecular formula is C20H27N3O5S. The highest BCUT2D eigenvalue weighted by Crippen LogP contribution is 2.18. The minimum absolute atomic E-state index is 0.0333. The van der Waals surface area contributed by atoms with Crippen molar-refractivity contribution in [3.8, 4) is 0 Å². The lowest BCUT2D eigenvalue weighted by Gasteiger charge is -2.22. The van der Waals surface area contributed by atoms with Crippen LogP contribution in [0.5, 0.6) is 0 Å². The van der Waals surface area contributed by atoms with E-state index < -0.39 is 33.4 Å². The third-order valence-corrected chi connectivity index (χ3v) is 5.59. The van der Waals surface area contributed by atoms with Gasteiger partial charge in [0, 0.05) is 11.2 Å². The third kappa shape index (κ3) is 6.43. The van der Waals surface area contributed by atoms with Crippen LogP contribution < -0.4 is 15.4 Å². The lowest BCUT2D eigenvalue weighted by atomic mass is 10.0. The Bertz CT molecular complexity index is 960. The van der Waals surface area contributed by atoms with Gasteiger partial charge in [-0.15, -0.1) is 0 Å². The number of hydrogen-bond acceptors (Lipinski definition) is 5. The van der Waals surface area contributed by atoms with Crippen molar-refractivity contribution in [1.82, 2.24) is 10.0 Å². The monoisotopic (exact) mass is 421 g/mol. The first-order chi connectivity index (χ1) is 13.4. The zero-order valence-electron chi connectivity index (χ0n) is 17.1. The molecule has 1 heterocycles. The predicted octanol–water partition coefficient (Wildman–Crippen LogP) is 2.75. The normalized spacial score (nSPS) is 13.2. The van der Waals surface area contributed by atoms with E-state index >= 15 is 0 Å². The van der Waals surface area contributed by atoms with Gasteiger partial charge < -0.3 is 15.1 Å². The number of hydrogen-bond donors (Lipinski definition) is 3. The van der Waals surface area contributed by atoms with Crippen molar-refractivity contribution in [2.24, 2.45) is 5.92 Å². The maximum atomic E-state index is 12.7. The Hall–Kier alpha value is -2.65. The number of benzene rings is 1. The van der Waals surface area contributed by atoms with E-state index in [4.69, 9.17) is 4.42 Å². The molecule has 29 heavy (non-hydrogen) atoms. The van der Waals surface area contributed by atoms with Crippen molar-refractivity contribution in [1.29, 1.82) is 0 Å². The largest absolute Gasteiger partial charge is 0.459 e. The highest BCUT2D eigenvalue weighted by Gasteiger charge is 2.26.